The monoisotopic (exact) mass is 251 g/mol. The van der Waals surface area contributed by atoms with Crippen molar-refractivity contribution in [2.24, 2.45) is 5.92 Å². The molecule has 1 aliphatic carbocycles. The molecule has 1 aromatic rings. The fourth-order valence-electron chi connectivity index (χ4n) is 2.94. The maximum Gasteiger partial charge on any atom is 0.0640 e. The van der Waals surface area contributed by atoms with Crippen LogP contribution in [0.1, 0.15) is 44.6 Å². The normalized spacial score (nSPS) is 24.3. The third-order valence-electron chi connectivity index (χ3n) is 4.02. The van der Waals surface area contributed by atoms with Crippen molar-refractivity contribution in [2.75, 3.05) is 6.61 Å². The second-order valence-electron chi connectivity index (χ2n) is 5.28. The summed E-state index contributed by atoms with van der Waals surface area (Å²) >= 11 is 0. The Kier molecular flexibility index (Phi) is 5.20. The van der Waals surface area contributed by atoms with Gasteiger partial charge in [-0.25, -0.2) is 0 Å². The number of aliphatic hydroxyl groups is 1. The molecular formula is C14H25N3O. The van der Waals surface area contributed by atoms with Gasteiger partial charge in [-0.1, -0.05) is 26.2 Å². The molecule has 4 heteroatoms. The molecule has 2 N–H and O–H groups in total. The molecule has 1 aromatic heterocycles. The predicted octanol–water partition coefficient (Wildman–Crippen LogP) is 1.93. The topological polar surface area (TPSA) is 50.1 Å². The van der Waals surface area contributed by atoms with E-state index in [0.29, 0.717) is 12.6 Å². The summed E-state index contributed by atoms with van der Waals surface area (Å²) in [7, 11) is 0. The zero-order chi connectivity index (χ0) is 12.8. The molecule has 1 saturated carbocycles. The van der Waals surface area contributed by atoms with Gasteiger partial charge in [0, 0.05) is 24.3 Å². The van der Waals surface area contributed by atoms with Crippen LogP contribution in [0.3, 0.4) is 0 Å². The summed E-state index contributed by atoms with van der Waals surface area (Å²) in [5, 5.41) is 16.8. The van der Waals surface area contributed by atoms with Gasteiger partial charge in [-0.05, 0) is 18.8 Å². The van der Waals surface area contributed by atoms with E-state index in [9.17, 15) is 0 Å². The van der Waals surface area contributed by atoms with Crippen molar-refractivity contribution in [1.82, 2.24) is 15.1 Å². The highest BCUT2D eigenvalue weighted by molar-refractivity contribution is 5.03. The minimum absolute atomic E-state index is 0.148. The van der Waals surface area contributed by atoms with Crippen molar-refractivity contribution in [3.05, 3.63) is 18.0 Å². The summed E-state index contributed by atoms with van der Waals surface area (Å²) in [6.07, 6.45) is 10.6. The Morgan fingerprint density at radius 2 is 2.28 bits per heavy atom. The standard InChI is InChI=1S/C14H25N3O/c1-2-13-5-3-4-6-14(13)15-9-12-10-16-17(11-12)7-8-18/h10-11,13-15,18H,2-9H2,1H3. The smallest absolute Gasteiger partial charge is 0.0640 e. The van der Waals surface area contributed by atoms with E-state index in [0.717, 1.165) is 12.5 Å². The fourth-order valence-corrected chi connectivity index (χ4v) is 2.94. The fraction of sp³-hybridized carbons (Fsp3) is 0.786. The van der Waals surface area contributed by atoms with Crippen LogP contribution in [-0.2, 0) is 13.1 Å². The number of hydrogen-bond acceptors (Lipinski definition) is 3. The molecule has 102 valence electrons. The zero-order valence-corrected chi connectivity index (χ0v) is 11.3. The van der Waals surface area contributed by atoms with Crippen molar-refractivity contribution in [1.29, 1.82) is 0 Å². The van der Waals surface area contributed by atoms with Gasteiger partial charge in [0.05, 0.1) is 19.3 Å². The Balaban J connectivity index is 1.81. The molecule has 0 aromatic carbocycles. The highest BCUT2D eigenvalue weighted by Gasteiger charge is 2.22. The van der Waals surface area contributed by atoms with Crippen LogP contribution < -0.4 is 5.32 Å². The van der Waals surface area contributed by atoms with Gasteiger partial charge in [-0.2, -0.15) is 5.10 Å². The van der Waals surface area contributed by atoms with Crippen LogP contribution in [0, 0.1) is 5.92 Å². The molecule has 1 heterocycles. The summed E-state index contributed by atoms with van der Waals surface area (Å²) < 4.78 is 1.80. The van der Waals surface area contributed by atoms with Gasteiger partial charge in [0.15, 0.2) is 0 Å². The van der Waals surface area contributed by atoms with Crippen LogP contribution in [0.15, 0.2) is 12.4 Å². The Hall–Kier alpha value is -0.870. The molecule has 1 aliphatic rings. The molecule has 0 bridgehead atoms. The average Bonchev–Trinajstić information content (AvgIpc) is 2.85. The van der Waals surface area contributed by atoms with Crippen LogP contribution in [0.4, 0.5) is 0 Å². The Labute approximate surface area is 109 Å². The first-order chi connectivity index (χ1) is 8.83. The molecule has 0 saturated heterocycles. The Bertz CT molecular complexity index is 351. The van der Waals surface area contributed by atoms with Crippen LogP contribution in [0.5, 0.6) is 0 Å². The van der Waals surface area contributed by atoms with Gasteiger partial charge >= 0.3 is 0 Å². The van der Waals surface area contributed by atoms with Gasteiger partial charge in [-0.3, -0.25) is 4.68 Å². The molecule has 0 radical (unpaired) electrons. The maximum atomic E-state index is 8.85. The minimum Gasteiger partial charge on any atom is -0.394 e. The number of rotatable bonds is 6. The maximum absolute atomic E-state index is 8.85. The van der Waals surface area contributed by atoms with Crippen LogP contribution in [0.25, 0.3) is 0 Å². The largest absolute Gasteiger partial charge is 0.394 e. The molecule has 2 rings (SSSR count). The first-order valence-electron chi connectivity index (χ1n) is 7.19. The zero-order valence-electron chi connectivity index (χ0n) is 11.3. The molecule has 0 spiro atoms. The summed E-state index contributed by atoms with van der Waals surface area (Å²) in [5.41, 5.74) is 1.21. The second kappa shape index (κ2) is 6.90. The lowest BCUT2D eigenvalue weighted by molar-refractivity contribution is 0.254. The van der Waals surface area contributed by atoms with E-state index in [1.165, 1.54) is 37.7 Å². The van der Waals surface area contributed by atoms with Crippen LogP contribution in [0.2, 0.25) is 0 Å². The van der Waals surface area contributed by atoms with Crippen molar-refractivity contribution < 1.29 is 5.11 Å². The number of aliphatic hydroxyl groups excluding tert-OH is 1. The van der Waals surface area contributed by atoms with Crippen molar-refractivity contribution in [3.63, 3.8) is 0 Å². The minimum atomic E-state index is 0.148. The molecule has 1 fully saturated rings. The quantitative estimate of drug-likeness (QED) is 0.812. The Morgan fingerprint density at radius 3 is 3.06 bits per heavy atom. The predicted molar refractivity (Wildman–Crippen MR) is 72.2 cm³/mol. The summed E-state index contributed by atoms with van der Waals surface area (Å²) in [4.78, 5) is 0. The first-order valence-corrected chi connectivity index (χ1v) is 7.19. The van der Waals surface area contributed by atoms with E-state index in [1.807, 2.05) is 12.4 Å². The third kappa shape index (κ3) is 3.56. The van der Waals surface area contributed by atoms with Gasteiger partial charge < -0.3 is 10.4 Å². The lowest BCUT2D eigenvalue weighted by Gasteiger charge is -2.31. The lowest BCUT2D eigenvalue weighted by atomic mass is 9.83. The van der Waals surface area contributed by atoms with Crippen molar-refractivity contribution in [2.45, 2.75) is 58.2 Å². The highest BCUT2D eigenvalue weighted by atomic mass is 16.3. The molecule has 2 unspecified atom stereocenters. The highest BCUT2D eigenvalue weighted by Crippen LogP contribution is 2.26. The first kappa shape index (κ1) is 13.6. The molecule has 18 heavy (non-hydrogen) atoms. The van der Waals surface area contributed by atoms with Crippen LogP contribution >= 0.6 is 0 Å². The van der Waals surface area contributed by atoms with E-state index in [1.54, 1.807) is 4.68 Å². The molecular weight excluding hydrogens is 226 g/mol. The summed E-state index contributed by atoms with van der Waals surface area (Å²) in [5.74, 6) is 0.839. The number of nitrogens with one attached hydrogen (secondary N) is 1. The summed E-state index contributed by atoms with van der Waals surface area (Å²) in [6.45, 7) is 3.92. The average molecular weight is 251 g/mol. The molecule has 0 aliphatic heterocycles. The van der Waals surface area contributed by atoms with E-state index in [4.69, 9.17) is 5.11 Å². The van der Waals surface area contributed by atoms with Crippen molar-refractivity contribution in [3.8, 4) is 0 Å². The van der Waals surface area contributed by atoms with E-state index in [-0.39, 0.29) is 6.61 Å². The van der Waals surface area contributed by atoms with E-state index in [2.05, 4.69) is 17.3 Å². The lowest BCUT2D eigenvalue weighted by Crippen LogP contribution is -2.37. The summed E-state index contributed by atoms with van der Waals surface area (Å²) in [6, 6.07) is 0.671. The Morgan fingerprint density at radius 1 is 1.44 bits per heavy atom. The molecule has 2 atom stereocenters. The van der Waals surface area contributed by atoms with Gasteiger partial charge in [-0.15, -0.1) is 0 Å². The van der Waals surface area contributed by atoms with E-state index < -0.39 is 0 Å². The number of nitrogens with zero attached hydrogens (tertiary/aromatic N) is 2. The number of hydrogen-bond donors (Lipinski definition) is 2. The second-order valence-corrected chi connectivity index (χ2v) is 5.28. The van der Waals surface area contributed by atoms with Gasteiger partial charge in [0.25, 0.3) is 0 Å². The third-order valence-corrected chi connectivity index (χ3v) is 4.02. The van der Waals surface area contributed by atoms with Gasteiger partial charge in [0.2, 0.25) is 0 Å². The van der Waals surface area contributed by atoms with Crippen LogP contribution in [-0.4, -0.2) is 27.5 Å². The molecule has 4 nitrogen and oxygen atoms in total. The van der Waals surface area contributed by atoms with Gasteiger partial charge in [0.1, 0.15) is 0 Å². The molecule has 0 amide bonds. The SMILES string of the molecule is CCC1CCCCC1NCc1cnn(CCO)c1. The number of aromatic nitrogens is 2. The van der Waals surface area contributed by atoms with Crippen molar-refractivity contribution >= 4 is 0 Å². The van der Waals surface area contributed by atoms with E-state index >= 15 is 0 Å².